The number of pyridine rings is 1. The highest BCUT2D eigenvalue weighted by atomic mass is 16.1. The van der Waals surface area contributed by atoms with E-state index in [9.17, 15) is 9.59 Å². The first-order valence-electron chi connectivity index (χ1n) is 7.86. The molecule has 0 aliphatic heterocycles. The quantitative estimate of drug-likeness (QED) is 0.691. The molecule has 0 atom stereocenters. The first kappa shape index (κ1) is 15.9. The van der Waals surface area contributed by atoms with Crippen molar-refractivity contribution < 1.29 is 4.79 Å². The number of benzene rings is 1. The van der Waals surface area contributed by atoms with Gasteiger partial charge in [-0.1, -0.05) is 24.3 Å². The minimum Gasteiger partial charge on any atom is -0.323 e. The molecule has 122 valence electrons. The van der Waals surface area contributed by atoms with Crippen molar-refractivity contribution in [2.24, 2.45) is 0 Å². The Kier molecular flexibility index (Phi) is 4.16. The molecule has 0 saturated carbocycles. The van der Waals surface area contributed by atoms with E-state index in [0.29, 0.717) is 17.8 Å². The maximum Gasteiger partial charge on any atom is 0.270 e. The number of fused-ring (bicyclic) bond motifs is 1. The van der Waals surface area contributed by atoms with Gasteiger partial charge in [0.05, 0.1) is 0 Å². The van der Waals surface area contributed by atoms with Gasteiger partial charge in [0.15, 0.2) is 12.1 Å². The number of para-hydroxylation sites is 1. The molecular formula is C19H19N3O2. The SMILES string of the molecule is Cc1cccn2c(=O)c(C=O)c(N(c3ccccc3)C(C)C)nc12. The molecule has 0 N–H and O–H groups in total. The Bertz CT molecular complexity index is 946. The summed E-state index contributed by atoms with van der Waals surface area (Å²) >= 11 is 0. The van der Waals surface area contributed by atoms with Crippen molar-refractivity contribution in [1.29, 1.82) is 0 Å². The Morgan fingerprint density at radius 3 is 2.46 bits per heavy atom. The lowest BCUT2D eigenvalue weighted by molar-refractivity contribution is 0.112. The number of hydrogen-bond acceptors (Lipinski definition) is 4. The molecule has 5 heteroatoms. The summed E-state index contributed by atoms with van der Waals surface area (Å²) in [6.07, 6.45) is 2.23. The highest BCUT2D eigenvalue weighted by molar-refractivity contribution is 5.85. The largest absolute Gasteiger partial charge is 0.323 e. The van der Waals surface area contributed by atoms with Crippen molar-refractivity contribution in [3.8, 4) is 0 Å². The summed E-state index contributed by atoms with van der Waals surface area (Å²) in [6.45, 7) is 5.90. The molecule has 3 rings (SSSR count). The number of carbonyl (C=O) groups excluding carboxylic acids is 1. The van der Waals surface area contributed by atoms with Crippen LogP contribution in [0.15, 0.2) is 53.5 Å². The second-order valence-corrected chi connectivity index (χ2v) is 5.96. The van der Waals surface area contributed by atoms with E-state index in [1.165, 1.54) is 4.40 Å². The summed E-state index contributed by atoms with van der Waals surface area (Å²) in [7, 11) is 0. The topological polar surface area (TPSA) is 54.7 Å². The number of nitrogens with zero attached hydrogens (tertiary/aromatic N) is 3. The van der Waals surface area contributed by atoms with Crippen LogP contribution in [0.4, 0.5) is 11.5 Å². The van der Waals surface area contributed by atoms with Crippen molar-refractivity contribution >= 4 is 23.4 Å². The van der Waals surface area contributed by atoms with Gasteiger partial charge in [-0.3, -0.25) is 14.0 Å². The lowest BCUT2D eigenvalue weighted by atomic mass is 10.2. The molecule has 0 spiro atoms. The van der Waals surface area contributed by atoms with Gasteiger partial charge in [0.1, 0.15) is 11.2 Å². The first-order valence-corrected chi connectivity index (χ1v) is 7.86. The Morgan fingerprint density at radius 2 is 1.83 bits per heavy atom. The van der Waals surface area contributed by atoms with Crippen LogP contribution in [0.1, 0.15) is 29.8 Å². The summed E-state index contributed by atoms with van der Waals surface area (Å²) in [6, 6.07) is 13.4. The molecule has 0 aliphatic carbocycles. The number of aromatic nitrogens is 2. The van der Waals surface area contributed by atoms with Gasteiger partial charge >= 0.3 is 0 Å². The lowest BCUT2D eigenvalue weighted by Gasteiger charge is -2.29. The molecule has 5 nitrogen and oxygen atoms in total. The van der Waals surface area contributed by atoms with Gasteiger partial charge in [-0.25, -0.2) is 4.98 Å². The van der Waals surface area contributed by atoms with Gasteiger partial charge in [0.25, 0.3) is 5.56 Å². The zero-order chi connectivity index (χ0) is 17.3. The average molecular weight is 321 g/mol. The predicted octanol–water partition coefficient (Wildman–Crippen LogP) is 3.36. The van der Waals surface area contributed by atoms with Crippen LogP contribution >= 0.6 is 0 Å². The third kappa shape index (κ3) is 2.58. The minimum absolute atomic E-state index is 0.0319. The molecule has 0 amide bonds. The third-order valence-corrected chi connectivity index (χ3v) is 3.96. The number of aldehydes is 1. The van der Waals surface area contributed by atoms with Crippen LogP contribution in [0.25, 0.3) is 5.65 Å². The Labute approximate surface area is 140 Å². The monoisotopic (exact) mass is 321 g/mol. The van der Waals surface area contributed by atoms with E-state index in [4.69, 9.17) is 0 Å². The van der Waals surface area contributed by atoms with Gasteiger partial charge in [0, 0.05) is 17.9 Å². The van der Waals surface area contributed by atoms with E-state index in [2.05, 4.69) is 4.98 Å². The van der Waals surface area contributed by atoms with Crippen molar-refractivity contribution in [1.82, 2.24) is 9.38 Å². The van der Waals surface area contributed by atoms with Gasteiger partial charge in [-0.05, 0) is 44.5 Å². The zero-order valence-electron chi connectivity index (χ0n) is 13.9. The molecule has 3 aromatic rings. The van der Waals surface area contributed by atoms with E-state index in [-0.39, 0.29) is 17.2 Å². The molecule has 2 aromatic heterocycles. The highest BCUT2D eigenvalue weighted by Gasteiger charge is 2.22. The van der Waals surface area contributed by atoms with Crippen LogP contribution in [0.3, 0.4) is 0 Å². The molecule has 2 heterocycles. The van der Waals surface area contributed by atoms with Gasteiger partial charge in [-0.15, -0.1) is 0 Å². The summed E-state index contributed by atoms with van der Waals surface area (Å²) in [5.41, 5.74) is 2.04. The average Bonchev–Trinajstić information content (AvgIpc) is 2.57. The highest BCUT2D eigenvalue weighted by Crippen LogP contribution is 2.28. The molecule has 1 aromatic carbocycles. The number of rotatable bonds is 4. The lowest BCUT2D eigenvalue weighted by Crippen LogP contribution is -2.31. The summed E-state index contributed by atoms with van der Waals surface area (Å²) in [5.74, 6) is 0.394. The Morgan fingerprint density at radius 1 is 1.12 bits per heavy atom. The summed E-state index contributed by atoms with van der Waals surface area (Å²) < 4.78 is 1.42. The smallest absolute Gasteiger partial charge is 0.270 e. The van der Waals surface area contributed by atoms with E-state index in [1.54, 1.807) is 12.3 Å². The summed E-state index contributed by atoms with van der Waals surface area (Å²) in [5, 5.41) is 0. The van der Waals surface area contributed by atoms with Crippen LogP contribution in [-0.4, -0.2) is 21.7 Å². The molecule has 0 bridgehead atoms. The van der Waals surface area contributed by atoms with Crippen LogP contribution in [-0.2, 0) is 0 Å². The van der Waals surface area contributed by atoms with Crippen molar-refractivity contribution in [2.45, 2.75) is 26.8 Å². The summed E-state index contributed by atoms with van der Waals surface area (Å²) in [4.78, 5) is 31.0. The van der Waals surface area contributed by atoms with Crippen molar-refractivity contribution in [2.75, 3.05) is 4.90 Å². The minimum atomic E-state index is -0.352. The fourth-order valence-corrected chi connectivity index (χ4v) is 2.84. The molecule has 24 heavy (non-hydrogen) atoms. The van der Waals surface area contributed by atoms with E-state index >= 15 is 0 Å². The number of anilines is 2. The molecular weight excluding hydrogens is 302 g/mol. The van der Waals surface area contributed by atoms with Gasteiger partial charge in [0.2, 0.25) is 0 Å². The van der Waals surface area contributed by atoms with Crippen LogP contribution in [0.5, 0.6) is 0 Å². The van der Waals surface area contributed by atoms with E-state index < -0.39 is 0 Å². The predicted molar refractivity (Wildman–Crippen MR) is 95.3 cm³/mol. The van der Waals surface area contributed by atoms with E-state index in [0.717, 1.165) is 11.3 Å². The van der Waals surface area contributed by atoms with Gasteiger partial charge in [-0.2, -0.15) is 0 Å². The Hall–Kier alpha value is -2.95. The maximum absolute atomic E-state index is 12.8. The van der Waals surface area contributed by atoms with Crippen LogP contribution < -0.4 is 10.5 Å². The van der Waals surface area contributed by atoms with Gasteiger partial charge < -0.3 is 4.90 Å². The third-order valence-electron chi connectivity index (χ3n) is 3.96. The first-order chi connectivity index (χ1) is 11.5. The van der Waals surface area contributed by atoms with E-state index in [1.807, 2.05) is 62.1 Å². The van der Waals surface area contributed by atoms with Crippen molar-refractivity contribution in [3.63, 3.8) is 0 Å². The molecule has 0 aliphatic rings. The number of carbonyl (C=O) groups is 1. The molecule has 0 fully saturated rings. The fraction of sp³-hybridized carbons (Fsp3) is 0.211. The zero-order valence-corrected chi connectivity index (χ0v) is 13.9. The van der Waals surface area contributed by atoms with Crippen LogP contribution in [0, 0.1) is 6.92 Å². The second-order valence-electron chi connectivity index (χ2n) is 5.96. The molecule has 0 saturated heterocycles. The number of aryl methyl sites for hydroxylation is 1. The number of hydrogen-bond donors (Lipinski definition) is 0. The normalized spacial score (nSPS) is 11.0. The molecule has 0 unspecified atom stereocenters. The second kappa shape index (κ2) is 6.28. The van der Waals surface area contributed by atoms with Crippen LogP contribution in [0.2, 0.25) is 0 Å². The molecule has 0 radical (unpaired) electrons. The van der Waals surface area contributed by atoms with Crippen molar-refractivity contribution in [3.05, 3.63) is 70.1 Å². The maximum atomic E-state index is 12.8. The fourth-order valence-electron chi connectivity index (χ4n) is 2.84. The Balaban J connectivity index is 2.37. The standard InChI is InChI=1S/C19H19N3O2/c1-13(2)22(15-9-5-4-6-10-15)18-16(12-23)19(24)21-11-7-8-14(3)17(21)20-18/h4-13H,1-3H3.